The molecule has 2 atom stereocenters. The first-order chi connectivity index (χ1) is 8.58. The van der Waals surface area contributed by atoms with Crippen molar-refractivity contribution in [2.45, 2.75) is 38.6 Å². The van der Waals surface area contributed by atoms with Crippen molar-refractivity contribution in [3.63, 3.8) is 0 Å². The largest absolute Gasteiger partial charge is 0.481 e. The van der Waals surface area contributed by atoms with Crippen LogP contribution in [-0.2, 0) is 4.79 Å². The summed E-state index contributed by atoms with van der Waals surface area (Å²) in [4.78, 5) is 22.0. The fourth-order valence-electron chi connectivity index (χ4n) is 1.83. The summed E-state index contributed by atoms with van der Waals surface area (Å²) in [5.41, 5.74) is 0. The third-order valence-corrected chi connectivity index (χ3v) is 4.17. The van der Waals surface area contributed by atoms with E-state index in [0.29, 0.717) is 13.0 Å². The number of rotatable bonds is 6. The molecular formula is C12H22N2O3S. The lowest BCUT2D eigenvalue weighted by molar-refractivity contribution is -0.137. The van der Waals surface area contributed by atoms with Gasteiger partial charge < -0.3 is 15.7 Å². The van der Waals surface area contributed by atoms with Gasteiger partial charge in [0.2, 0.25) is 0 Å². The third-order valence-electron chi connectivity index (χ3n) is 2.96. The number of carboxylic acid groups (broad SMARTS) is 1. The summed E-state index contributed by atoms with van der Waals surface area (Å²) in [6.07, 6.45) is 2.96. The highest BCUT2D eigenvalue weighted by Crippen LogP contribution is 2.16. The Balaban J connectivity index is 2.10. The van der Waals surface area contributed by atoms with Gasteiger partial charge in [0.1, 0.15) is 0 Å². The van der Waals surface area contributed by atoms with E-state index in [2.05, 4.69) is 10.6 Å². The molecule has 1 aliphatic rings. The van der Waals surface area contributed by atoms with Crippen molar-refractivity contribution < 1.29 is 14.7 Å². The molecule has 0 radical (unpaired) electrons. The first kappa shape index (κ1) is 15.1. The van der Waals surface area contributed by atoms with E-state index in [4.69, 9.17) is 5.11 Å². The molecule has 2 amide bonds. The van der Waals surface area contributed by atoms with Crippen LogP contribution in [0.25, 0.3) is 0 Å². The molecule has 0 spiro atoms. The summed E-state index contributed by atoms with van der Waals surface area (Å²) in [6, 6.07) is 0.141. The number of hydrogen-bond donors (Lipinski definition) is 3. The number of thioether (sulfide) groups is 1. The van der Waals surface area contributed by atoms with Crippen molar-refractivity contribution in [3.8, 4) is 0 Å². The van der Waals surface area contributed by atoms with E-state index >= 15 is 0 Å². The maximum Gasteiger partial charge on any atom is 0.315 e. The Morgan fingerprint density at radius 1 is 1.50 bits per heavy atom. The number of amides is 2. The summed E-state index contributed by atoms with van der Waals surface area (Å²) in [5.74, 6) is 1.58. The predicted octanol–water partition coefficient (Wildman–Crippen LogP) is 1.68. The van der Waals surface area contributed by atoms with Crippen molar-refractivity contribution in [1.29, 1.82) is 0 Å². The molecular weight excluding hydrogens is 252 g/mol. The SMILES string of the molecule is CC(CCC(=O)O)CNC(=O)NC1CCCSC1. The van der Waals surface area contributed by atoms with Crippen molar-refractivity contribution in [2.75, 3.05) is 18.1 Å². The van der Waals surface area contributed by atoms with E-state index in [-0.39, 0.29) is 24.4 Å². The summed E-state index contributed by atoms with van der Waals surface area (Å²) >= 11 is 1.87. The van der Waals surface area contributed by atoms with Crippen molar-refractivity contribution in [1.82, 2.24) is 10.6 Å². The van der Waals surface area contributed by atoms with Crippen LogP contribution < -0.4 is 10.6 Å². The highest BCUT2D eigenvalue weighted by molar-refractivity contribution is 7.99. The van der Waals surface area contributed by atoms with Gasteiger partial charge >= 0.3 is 12.0 Å². The van der Waals surface area contributed by atoms with E-state index in [1.165, 1.54) is 5.75 Å². The second kappa shape index (κ2) is 8.24. The summed E-state index contributed by atoms with van der Waals surface area (Å²) < 4.78 is 0. The van der Waals surface area contributed by atoms with Gasteiger partial charge in [0, 0.05) is 24.8 Å². The zero-order chi connectivity index (χ0) is 13.4. The Bertz CT molecular complexity index is 280. The lowest BCUT2D eigenvalue weighted by Crippen LogP contribution is -2.45. The van der Waals surface area contributed by atoms with E-state index < -0.39 is 5.97 Å². The Morgan fingerprint density at radius 2 is 2.28 bits per heavy atom. The molecule has 1 rings (SSSR count). The average Bonchev–Trinajstić information content (AvgIpc) is 2.35. The van der Waals surface area contributed by atoms with E-state index in [9.17, 15) is 9.59 Å². The van der Waals surface area contributed by atoms with Crippen LogP contribution in [0.3, 0.4) is 0 Å². The van der Waals surface area contributed by atoms with Gasteiger partial charge in [-0.05, 0) is 30.9 Å². The Hall–Kier alpha value is -0.910. The minimum Gasteiger partial charge on any atom is -0.481 e. The lowest BCUT2D eigenvalue weighted by Gasteiger charge is -2.23. The Morgan fingerprint density at radius 3 is 2.89 bits per heavy atom. The van der Waals surface area contributed by atoms with Crippen LogP contribution in [0.4, 0.5) is 4.79 Å². The number of carbonyl (C=O) groups excluding carboxylic acids is 1. The maximum atomic E-state index is 11.6. The number of urea groups is 1. The second-order valence-corrected chi connectivity index (χ2v) is 5.96. The van der Waals surface area contributed by atoms with Gasteiger partial charge in [0.25, 0.3) is 0 Å². The molecule has 0 aromatic carbocycles. The monoisotopic (exact) mass is 274 g/mol. The van der Waals surface area contributed by atoms with Gasteiger partial charge in [-0.25, -0.2) is 4.79 Å². The van der Waals surface area contributed by atoms with Crippen LogP contribution in [0.1, 0.15) is 32.6 Å². The van der Waals surface area contributed by atoms with Gasteiger partial charge in [-0.1, -0.05) is 6.92 Å². The standard InChI is InChI=1S/C12H22N2O3S/c1-9(4-5-11(15)16)7-13-12(17)14-10-3-2-6-18-8-10/h9-10H,2-8H2,1H3,(H,15,16)(H2,13,14,17). The molecule has 3 N–H and O–H groups in total. The molecule has 1 aliphatic heterocycles. The van der Waals surface area contributed by atoms with Crippen LogP contribution in [0, 0.1) is 5.92 Å². The Labute approximate surface area is 112 Å². The van der Waals surface area contributed by atoms with Crippen LogP contribution in [0.15, 0.2) is 0 Å². The van der Waals surface area contributed by atoms with Gasteiger partial charge in [-0.2, -0.15) is 11.8 Å². The first-order valence-corrected chi connectivity index (χ1v) is 7.57. The maximum absolute atomic E-state index is 11.6. The topological polar surface area (TPSA) is 78.4 Å². The molecule has 0 aromatic rings. The summed E-state index contributed by atoms with van der Waals surface area (Å²) in [6.45, 7) is 2.47. The van der Waals surface area contributed by atoms with E-state index in [1.807, 2.05) is 18.7 Å². The van der Waals surface area contributed by atoms with E-state index in [1.54, 1.807) is 0 Å². The molecule has 0 aromatic heterocycles. The predicted molar refractivity (Wildman–Crippen MR) is 72.9 cm³/mol. The van der Waals surface area contributed by atoms with Crippen molar-refractivity contribution in [2.24, 2.45) is 5.92 Å². The second-order valence-electron chi connectivity index (χ2n) is 4.81. The van der Waals surface area contributed by atoms with Gasteiger partial charge in [0.15, 0.2) is 0 Å². The van der Waals surface area contributed by atoms with Gasteiger partial charge in [-0.15, -0.1) is 0 Å². The normalized spacial score (nSPS) is 21.1. The molecule has 0 aliphatic carbocycles. The molecule has 1 heterocycles. The van der Waals surface area contributed by atoms with Crippen LogP contribution in [-0.4, -0.2) is 41.2 Å². The molecule has 5 nitrogen and oxygen atoms in total. The fourth-order valence-corrected chi connectivity index (χ4v) is 2.90. The van der Waals surface area contributed by atoms with Crippen molar-refractivity contribution >= 4 is 23.8 Å². The highest BCUT2D eigenvalue weighted by Gasteiger charge is 2.16. The number of carbonyl (C=O) groups is 2. The highest BCUT2D eigenvalue weighted by atomic mass is 32.2. The average molecular weight is 274 g/mol. The molecule has 18 heavy (non-hydrogen) atoms. The number of carboxylic acids is 1. The molecule has 1 saturated heterocycles. The smallest absolute Gasteiger partial charge is 0.315 e. The molecule has 6 heteroatoms. The van der Waals surface area contributed by atoms with Crippen LogP contribution in [0.5, 0.6) is 0 Å². The molecule has 0 saturated carbocycles. The van der Waals surface area contributed by atoms with Gasteiger partial charge in [-0.3, -0.25) is 4.79 Å². The summed E-state index contributed by atoms with van der Waals surface area (Å²) in [5, 5.41) is 14.3. The molecule has 0 bridgehead atoms. The van der Waals surface area contributed by atoms with Gasteiger partial charge in [0.05, 0.1) is 0 Å². The number of hydrogen-bond acceptors (Lipinski definition) is 3. The van der Waals surface area contributed by atoms with Crippen LogP contribution >= 0.6 is 11.8 Å². The lowest BCUT2D eigenvalue weighted by atomic mass is 10.1. The fraction of sp³-hybridized carbons (Fsp3) is 0.833. The van der Waals surface area contributed by atoms with Crippen molar-refractivity contribution in [3.05, 3.63) is 0 Å². The minimum atomic E-state index is -0.787. The number of aliphatic carboxylic acids is 1. The third kappa shape index (κ3) is 6.74. The summed E-state index contributed by atoms with van der Waals surface area (Å²) in [7, 11) is 0. The zero-order valence-corrected chi connectivity index (χ0v) is 11.6. The zero-order valence-electron chi connectivity index (χ0n) is 10.8. The molecule has 104 valence electrons. The number of nitrogens with one attached hydrogen (secondary N) is 2. The minimum absolute atomic E-state index is 0.135. The molecule has 1 fully saturated rings. The quantitative estimate of drug-likeness (QED) is 0.688. The van der Waals surface area contributed by atoms with E-state index in [0.717, 1.165) is 18.6 Å². The Kier molecular flexibility index (Phi) is 6.93. The van der Waals surface area contributed by atoms with Crippen LogP contribution in [0.2, 0.25) is 0 Å². The first-order valence-electron chi connectivity index (χ1n) is 6.42. The molecule has 2 unspecified atom stereocenters.